The van der Waals surface area contributed by atoms with E-state index in [-0.39, 0.29) is 18.0 Å². The lowest BCUT2D eigenvalue weighted by atomic mass is 9.91. The Morgan fingerprint density at radius 2 is 1.78 bits per heavy atom. The molecule has 1 aromatic rings. The van der Waals surface area contributed by atoms with Gasteiger partial charge in [0.2, 0.25) is 0 Å². The Bertz CT molecular complexity index is 411. The molecule has 0 bridgehead atoms. The number of hydrogen-bond donors (Lipinski definition) is 0. The van der Waals surface area contributed by atoms with E-state index in [0.29, 0.717) is 5.56 Å². The van der Waals surface area contributed by atoms with Crippen molar-refractivity contribution in [2.24, 2.45) is 0 Å². The van der Waals surface area contributed by atoms with Crippen LogP contribution < -0.4 is 0 Å². The van der Waals surface area contributed by atoms with Gasteiger partial charge in [-0.2, -0.15) is 0 Å². The molecule has 0 N–H and O–H groups in total. The first-order valence-electron chi connectivity index (χ1n) is 6.45. The van der Waals surface area contributed by atoms with Crippen LogP contribution in [-0.4, -0.2) is 29.3 Å². The van der Waals surface area contributed by atoms with Gasteiger partial charge in [0.1, 0.15) is 5.82 Å². The minimum absolute atomic E-state index is 0.0521. The number of ketones is 1. The van der Waals surface area contributed by atoms with Crippen molar-refractivity contribution in [3.05, 3.63) is 35.6 Å². The summed E-state index contributed by atoms with van der Waals surface area (Å²) in [6.07, 6.45) is 0.149. The second-order valence-corrected chi connectivity index (χ2v) is 4.92. The Morgan fingerprint density at radius 1 is 1.22 bits per heavy atom. The fraction of sp³-hybridized carbons (Fsp3) is 0.533. The number of carbonyl (C=O) groups excluding carboxylic acids is 1. The predicted molar refractivity (Wildman–Crippen MR) is 72.1 cm³/mol. The predicted octanol–water partition coefficient (Wildman–Crippen LogP) is 3.06. The molecule has 0 aliphatic carbocycles. The van der Waals surface area contributed by atoms with Crippen molar-refractivity contribution in [2.45, 2.75) is 39.7 Å². The molecule has 0 saturated carbocycles. The molecule has 0 saturated heterocycles. The second-order valence-electron chi connectivity index (χ2n) is 4.92. The van der Waals surface area contributed by atoms with E-state index >= 15 is 0 Å². The summed E-state index contributed by atoms with van der Waals surface area (Å²) in [7, 11) is 0. The SMILES string of the molecule is CCN(CC)C(C)(C)C(=O)Cc1ccccc1F. The molecule has 0 amide bonds. The zero-order valence-electron chi connectivity index (χ0n) is 11.7. The number of carbonyl (C=O) groups is 1. The van der Waals surface area contributed by atoms with Gasteiger partial charge in [-0.05, 0) is 38.6 Å². The molecule has 2 nitrogen and oxygen atoms in total. The van der Waals surface area contributed by atoms with Crippen LogP contribution in [0.4, 0.5) is 4.39 Å². The van der Waals surface area contributed by atoms with Gasteiger partial charge in [0.15, 0.2) is 5.78 Å². The quantitative estimate of drug-likeness (QED) is 0.774. The average molecular weight is 251 g/mol. The van der Waals surface area contributed by atoms with Crippen LogP contribution in [0.3, 0.4) is 0 Å². The Morgan fingerprint density at radius 3 is 2.28 bits per heavy atom. The van der Waals surface area contributed by atoms with Gasteiger partial charge in [-0.25, -0.2) is 4.39 Å². The summed E-state index contributed by atoms with van der Waals surface area (Å²) < 4.78 is 13.5. The third-order valence-electron chi connectivity index (χ3n) is 3.55. The molecule has 0 aliphatic rings. The van der Waals surface area contributed by atoms with Gasteiger partial charge in [-0.3, -0.25) is 9.69 Å². The minimum atomic E-state index is -0.550. The fourth-order valence-corrected chi connectivity index (χ4v) is 2.22. The summed E-state index contributed by atoms with van der Waals surface area (Å²) in [6, 6.07) is 6.47. The van der Waals surface area contributed by atoms with Crippen molar-refractivity contribution < 1.29 is 9.18 Å². The molecule has 0 fully saturated rings. The Hall–Kier alpha value is -1.22. The van der Waals surface area contributed by atoms with Crippen molar-refractivity contribution in [1.82, 2.24) is 4.90 Å². The first kappa shape index (κ1) is 14.8. The molecule has 0 unspecified atom stereocenters. The zero-order valence-corrected chi connectivity index (χ0v) is 11.7. The van der Waals surface area contributed by atoms with Crippen molar-refractivity contribution in [3.63, 3.8) is 0 Å². The monoisotopic (exact) mass is 251 g/mol. The molecule has 0 spiro atoms. The molecule has 0 heterocycles. The highest BCUT2D eigenvalue weighted by Crippen LogP contribution is 2.19. The third-order valence-corrected chi connectivity index (χ3v) is 3.55. The van der Waals surface area contributed by atoms with Gasteiger partial charge in [0.25, 0.3) is 0 Å². The molecule has 1 aromatic carbocycles. The molecule has 0 atom stereocenters. The number of rotatable bonds is 6. The van der Waals surface area contributed by atoms with Crippen LogP contribution in [0.1, 0.15) is 33.3 Å². The normalized spacial score (nSPS) is 11.9. The molecular weight excluding hydrogens is 229 g/mol. The van der Waals surface area contributed by atoms with Gasteiger partial charge in [0, 0.05) is 6.42 Å². The molecular formula is C15H22FNO. The molecule has 18 heavy (non-hydrogen) atoms. The largest absolute Gasteiger partial charge is 0.297 e. The first-order valence-corrected chi connectivity index (χ1v) is 6.45. The van der Waals surface area contributed by atoms with Crippen LogP contribution in [0.2, 0.25) is 0 Å². The maximum Gasteiger partial charge on any atom is 0.156 e. The number of hydrogen-bond acceptors (Lipinski definition) is 2. The summed E-state index contributed by atoms with van der Waals surface area (Å²) in [4.78, 5) is 14.4. The van der Waals surface area contributed by atoms with Crippen LogP contribution in [-0.2, 0) is 11.2 Å². The number of Topliss-reactive ketones (excluding diaryl/α,β-unsaturated/α-hetero) is 1. The smallest absolute Gasteiger partial charge is 0.156 e. The van der Waals surface area contributed by atoms with E-state index in [0.717, 1.165) is 13.1 Å². The summed E-state index contributed by atoms with van der Waals surface area (Å²) in [5, 5.41) is 0. The van der Waals surface area contributed by atoms with E-state index in [4.69, 9.17) is 0 Å². The topological polar surface area (TPSA) is 20.3 Å². The maximum atomic E-state index is 13.5. The van der Waals surface area contributed by atoms with Gasteiger partial charge < -0.3 is 0 Å². The molecule has 0 aliphatic heterocycles. The Labute approximate surface area is 109 Å². The van der Waals surface area contributed by atoms with E-state index in [9.17, 15) is 9.18 Å². The number of halogens is 1. The average Bonchev–Trinajstić information content (AvgIpc) is 2.33. The van der Waals surface area contributed by atoms with Gasteiger partial charge in [0.05, 0.1) is 5.54 Å². The van der Waals surface area contributed by atoms with Crippen LogP contribution in [0.25, 0.3) is 0 Å². The Balaban J connectivity index is 2.85. The first-order chi connectivity index (χ1) is 8.43. The van der Waals surface area contributed by atoms with E-state index in [1.807, 2.05) is 27.7 Å². The molecule has 0 aromatic heterocycles. The van der Waals surface area contributed by atoms with E-state index in [1.165, 1.54) is 6.07 Å². The highest BCUT2D eigenvalue weighted by Gasteiger charge is 2.32. The van der Waals surface area contributed by atoms with Gasteiger partial charge in [-0.15, -0.1) is 0 Å². The lowest BCUT2D eigenvalue weighted by Crippen LogP contribution is -2.50. The van der Waals surface area contributed by atoms with Gasteiger partial charge >= 0.3 is 0 Å². The second kappa shape index (κ2) is 6.10. The Kier molecular flexibility index (Phi) is 5.03. The van der Waals surface area contributed by atoms with Crippen molar-refractivity contribution >= 4 is 5.78 Å². The summed E-state index contributed by atoms with van der Waals surface area (Å²) >= 11 is 0. The standard InChI is InChI=1S/C15H22FNO/c1-5-17(6-2)15(3,4)14(18)11-12-9-7-8-10-13(12)16/h7-10H,5-6,11H2,1-4H3. The third kappa shape index (κ3) is 3.16. The number of nitrogens with zero attached hydrogens (tertiary/aromatic N) is 1. The summed E-state index contributed by atoms with van der Waals surface area (Å²) in [6.45, 7) is 9.49. The van der Waals surface area contributed by atoms with Crippen LogP contribution in [0.15, 0.2) is 24.3 Å². The van der Waals surface area contributed by atoms with Crippen LogP contribution in [0.5, 0.6) is 0 Å². The minimum Gasteiger partial charge on any atom is -0.297 e. The number of benzene rings is 1. The van der Waals surface area contributed by atoms with Crippen molar-refractivity contribution in [1.29, 1.82) is 0 Å². The molecule has 1 rings (SSSR count). The van der Waals surface area contributed by atoms with Gasteiger partial charge in [-0.1, -0.05) is 32.0 Å². The highest BCUT2D eigenvalue weighted by molar-refractivity contribution is 5.89. The molecule has 100 valence electrons. The molecule has 0 radical (unpaired) electrons. The van der Waals surface area contributed by atoms with Crippen molar-refractivity contribution in [3.8, 4) is 0 Å². The van der Waals surface area contributed by atoms with Crippen molar-refractivity contribution in [2.75, 3.05) is 13.1 Å². The summed E-state index contributed by atoms with van der Waals surface area (Å²) in [5.74, 6) is -0.252. The fourth-order valence-electron chi connectivity index (χ4n) is 2.22. The maximum absolute atomic E-state index is 13.5. The summed E-state index contributed by atoms with van der Waals surface area (Å²) in [5.41, 5.74) is -0.0751. The highest BCUT2D eigenvalue weighted by atomic mass is 19.1. The zero-order chi connectivity index (χ0) is 13.8. The van der Waals surface area contributed by atoms with Crippen LogP contribution >= 0.6 is 0 Å². The van der Waals surface area contributed by atoms with E-state index < -0.39 is 5.54 Å². The van der Waals surface area contributed by atoms with E-state index in [2.05, 4.69) is 4.90 Å². The number of likely N-dealkylation sites (N-methyl/N-ethyl adjacent to an activating group) is 1. The lowest BCUT2D eigenvalue weighted by Gasteiger charge is -2.35. The lowest BCUT2D eigenvalue weighted by molar-refractivity contribution is -0.128. The van der Waals surface area contributed by atoms with Crippen LogP contribution in [0, 0.1) is 5.82 Å². The molecule has 3 heteroatoms. The van der Waals surface area contributed by atoms with E-state index in [1.54, 1.807) is 18.2 Å².